The van der Waals surface area contributed by atoms with Crippen LogP contribution in [-0.2, 0) is 16.0 Å². The van der Waals surface area contributed by atoms with E-state index in [1.165, 1.54) is 36.2 Å². The van der Waals surface area contributed by atoms with Crippen molar-refractivity contribution in [3.63, 3.8) is 0 Å². The molecule has 2 N–H and O–H groups in total. The fourth-order valence-corrected chi connectivity index (χ4v) is 3.13. The molecule has 8 heteroatoms. The number of para-hydroxylation sites is 1. The number of nitrogens with one attached hydrogen (secondary N) is 1. The Bertz CT molecular complexity index is 1050. The molecule has 2 aromatic carbocycles. The van der Waals surface area contributed by atoms with Crippen LogP contribution in [0.1, 0.15) is 21.6 Å². The van der Waals surface area contributed by atoms with E-state index in [-0.39, 0.29) is 23.5 Å². The first-order valence-corrected chi connectivity index (χ1v) is 9.34. The summed E-state index contributed by atoms with van der Waals surface area (Å²) in [7, 11) is 1.29. The highest BCUT2D eigenvalue weighted by Gasteiger charge is 2.23. The highest BCUT2D eigenvalue weighted by Crippen LogP contribution is 2.18. The van der Waals surface area contributed by atoms with Gasteiger partial charge < -0.3 is 15.2 Å². The van der Waals surface area contributed by atoms with Gasteiger partial charge in [0.25, 0.3) is 5.91 Å². The van der Waals surface area contributed by atoms with E-state index in [1.54, 1.807) is 37.3 Å². The second-order valence-corrected chi connectivity index (χ2v) is 6.81. The zero-order chi connectivity index (χ0) is 21.7. The minimum Gasteiger partial charge on any atom is -0.508 e. The van der Waals surface area contributed by atoms with Gasteiger partial charge in [0.15, 0.2) is 0 Å². The maximum atomic E-state index is 14.1. The van der Waals surface area contributed by atoms with E-state index in [2.05, 4.69) is 10.4 Å². The van der Waals surface area contributed by atoms with E-state index in [0.29, 0.717) is 12.1 Å². The maximum Gasteiger partial charge on any atom is 0.310 e. The van der Waals surface area contributed by atoms with Crippen LogP contribution in [0.2, 0.25) is 0 Å². The molecular weight excluding hydrogens is 389 g/mol. The van der Waals surface area contributed by atoms with Crippen LogP contribution in [-0.4, -0.2) is 40.4 Å². The minimum absolute atomic E-state index is 0.0523. The van der Waals surface area contributed by atoms with E-state index < -0.39 is 23.6 Å². The monoisotopic (exact) mass is 411 g/mol. The molecule has 1 unspecified atom stereocenters. The van der Waals surface area contributed by atoms with Gasteiger partial charge in [-0.05, 0) is 43.2 Å². The van der Waals surface area contributed by atoms with Gasteiger partial charge >= 0.3 is 5.97 Å². The van der Waals surface area contributed by atoms with Crippen LogP contribution < -0.4 is 5.32 Å². The van der Waals surface area contributed by atoms with E-state index in [9.17, 15) is 19.1 Å². The van der Waals surface area contributed by atoms with Crippen LogP contribution >= 0.6 is 0 Å². The number of carbonyl (C=O) groups excluding carboxylic acids is 2. The molecule has 0 spiro atoms. The number of phenolic OH excluding ortho intramolecular Hbond substituents is 1. The first-order valence-electron chi connectivity index (χ1n) is 9.34. The third-order valence-electron chi connectivity index (χ3n) is 4.80. The number of carbonyl (C=O) groups is 2. The Balaban J connectivity index is 1.72. The summed E-state index contributed by atoms with van der Waals surface area (Å²) >= 11 is 0. The summed E-state index contributed by atoms with van der Waals surface area (Å²) in [4.78, 5) is 24.8. The molecule has 3 aromatic rings. The molecule has 0 radical (unpaired) electrons. The Morgan fingerprint density at radius 2 is 1.90 bits per heavy atom. The highest BCUT2D eigenvalue weighted by molar-refractivity contribution is 5.95. The molecule has 0 bridgehead atoms. The van der Waals surface area contributed by atoms with Crippen molar-refractivity contribution in [3.05, 3.63) is 77.4 Å². The number of nitrogens with zero attached hydrogens (tertiary/aromatic N) is 2. The molecule has 1 aromatic heterocycles. The van der Waals surface area contributed by atoms with Crippen LogP contribution in [0.3, 0.4) is 0 Å². The number of hydrogen-bond donors (Lipinski definition) is 2. The standard InChI is InChI=1S/C22H22FN3O4/c1-14-18(13-25-26(14)20-6-4-3-5-19(20)23)21(28)24-12-16(22(29)30-2)11-15-7-9-17(27)10-8-15/h3-10,13,16,27H,11-12H2,1-2H3,(H,24,28). The van der Waals surface area contributed by atoms with Crippen molar-refractivity contribution < 1.29 is 23.8 Å². The van der Waals surface area contributed by atoms with Gasteiger partial charge in [-0.1, -0.05) is 24.3 Å². The van der Waals surface area contributed by atoms with E-state index in [4.69, 9.17) is 4.74 Å². The molecule has 30 heavy (non-hydrogen) atoms. The molecule has 0 saturated heterocycles. The van der Waals surface area contributed by atoms with Crippen molar-refractivity contribution in [1.82, 2.24) is 15.1 Å². The summed E-state index contributed by atoms with van der Waals surface area (Å²) in [5, 5.41) is 16.2. The Morgan fingerprint density at radius 3 is 2.57 bits per heavy atom. The summed E-state index contributed by atoms with van der Waals surface area (Å²) < 4.78 is 20.3. The Labute approximate surface area is 173 Å². The number of phenols is 1. The first-order chi connectivity index (χ1) is 14.4. The molecule has 0 fully saturated rings. The summed E-state index contributed by atoms with van der Waals surface area (Å²) in [5.74, 6) is -1.80. The Kier molecular flexibility index (Phi) is 6.46. The quantitative estimate of drug-likeness (QED) is 0.583. The summed E-state index contributed by atoms with van der Waals surface area (Å²) in [6.45, 7) is 1.72. The molecule has 3 rings (SSSR count). The first kappa shape index (κ1) is 21.0. The van der Waals surface area contributed by atoms with Crippen molar-refractivity contribution in [1.29, 1.82) is 0 Å². The predicted octanol–water partition coefficient (Wildman–Crippen LogP) is 2.79. The number of aromatic hydroxyl groups is 1. The maximum absolute atomic E-state index is 14.1. The second-order valence-electron chi connectivity index (χ2n) is 6.81. The fraction of sp³-hybridized carbons (Fsp3) is 0.227. The predicted molar refractivity (Wildman–Crippen MR) is 108 cm³/mol. The number of amides is 1. The van der Waals surface area contributed by atoms with Crippen molar-refractivity contribution in [2.45, 2.75) is 13.3 Å². The number of esters is 1. The number of benzene rings is 2. The lowest BCUT2D eigenvalue weighted by Gasteiger charge is -2.15. The van der Waals surface area contributed by atoms with Crippen molar-refractivity contribution in [2.24, 2.45) is 5.92 Å². The molecule has 0 saturated carbocycles. The van der Waals surface area contributed by atoms with E-state index >= 15 is 0 Å². The van der Waals surface area contributed by atoms with Gasteiger partial charge in [0.05, 0.1) is 30.5 Å². The van der Waals surface area contributed by atoms with Crippen LogP contribution in [0.4, 0.5) is 4.39 Å². The number of halogens is 1. The van der Waals surface area contributed by atoms with Gasteiger partial charge in [0, 0.05) is 6.54 Å². The number of ether oxygens (including phenoxy) is 1. The van der Waals surface area contributed by atoms with Crippen LogP contribution in [0, 0.1) is 18.7 Å². The summed E-state index contributed by atoms with van der Waals surface area (Å²) in [6.07, 6.45) is 1.70. The van der Waals surface area contributed by atoms with Gasteiger partial charge in [0.1, 0.15) is 17.3 Å². The number of rotatable bonds is 7. The van der Waals surface area contributed by atoms with Gasteiger partial charge in [-0.15, -0.1) is 0 Å². The van der Waals surface area contributed by atoms with Gasteiger partial charge in [-0.2, -0.15) is 5.10 Å². The van der Waals surface area contributed by atoms with Crippen molar-refractivity contribution >= 4 is 11.9 Å². The SMILES string of the molecule is COC(=O)C(CNC(=O)c1cnn(-c2ccccc2F)c1C)Cc1ccc(O)cc1. The highest BCUT2D eigenvalue weighted by atomic mass is 19.1. The molecule has 1 amide bonds. The average Bonchev–Trinajstić information content (AvgIpc) is 3.13. The average molecular weight is 411 g/mol. The molecule has 0 aliphatic rings. The normalized spacial score (nSPS) is 11.7. The smallest absolute Gasteiger partial charge is 0.310 e. The van der Waals surface area contributed by atoms with Gasteiger partial charge in [-0.25, -0.2) is 9.07 Å². The van der Waals surface area contributed by atoms with Crippen molar-refractivity contribution in [2.75, 3.05) is 13.7 Å². The van der Waals surface area contributed by atoms with Crippen LogP contribution in [0.5, 0.6) is 5.75 Å². The lowest BCUT2D eigenvalue weighted by atomic mass is 9.99. The number of hydrogen-bond acceptors (Lipinski definition) is 5. The largest absolute Gasteiger partial charge is 0.508 e. The van der Waals surface area contributed by atoms with E-state index in [0.717, 1.165) is 5.56 Å². The third kappa shape index (κ3) is 4.65. The van der Waals surface area contributed by atoms with Crippen LogP contribution in [0.15, 0.2) is 54.7 Å². The third-order valence-corrected chi connectivity index (χ3v) is 4.80. The van der Waals surface area contributed by atoms with Gasteiger partial charge in [0.2, 0.25) is 0 Å². The molecule has 156 valence electrons. The zero-order valence-electron chi connectivity index (χ0n) is 16.6. The van der Waals surface area contributed by atoms with Crippen LogP contribution in [0.25, 0.3) is 5.69 Å². The number of methoxy groups -OCH3 is 1. The molecule has 0 aliphatic heterocycles. The summed E-state index contributed by atoms with van der Waals surface area (Å²) in [6, 6.07) is 12.6. The molecular formula is C22H22FN3O4. The second kappa shape index (κ2) is 9.21. The topological polar surface area (TPSA) is 93.5 Å². The fourth-order valence-electron chi connectivity index (χ4n) is 3.13. The van der Waals surface area contributed by atoms with E-state index in [1.807, 2.05) is 0 Å². The van der Waals surface area contributed by atoms with Gasteiger partial charge in [-0.3, -0.25) is 9.59 Å². The van der Waals surface area contributed by atoms with Crippen molar-refractivity contribution in [3.8, 4) is 11.4 Å². The lowest BCUT2D eigenvalue weighted by molar-refractivity contribution is -0.145. The Hall–Kier alpha value is -3.68. The summed E-state index contributed by atoms with van der Waals surface area (Å²) in [5.41, 5.74) is 1.83. The molecule has 1 atom stereocenters. The Morgan fingerprint density at radius 1 is 1.20 bits per heavy atom. The zero-order valence-corrected chi connectivity index (χ0v) is 16.6. The lowest BCUT2D eigenvalue weighted by Crippen LogP contribution is -2.35. The molecule has 1 heterocycles. The molecule has 7 nitrogen and oxygen atoms in total. The molecule has 0 aliphatic carbocycles. The number of aromatic nitrogens is 2. The minimum atomic E-state index is -0.606.